The molecule has 0 amide bonds. The number of hydrogen-bond donors (Lipinski definition) is 0. The van der Waals surface area contributed by atoms with E-state index in [0.29, 0.717) is 0 Å². The third-order valence-corrected chi connectivity index (χ3v) is 14.1. The van der Waals surface area contributed by atoms with Crippen LogP contribution in [-0.2, 0) is 5.41 Å². The average Bonchev–Trinajstić information content (AvgIpc) is 3.64. The van der Waals surface area contributed by atoms with E-state index in [4.69, 9.17) is 0 Å². The van der Waals surface area contributed by atoms with Crippen molar-refractivity contribution < 1.29 is 0 Å². The van der Waals surface area contributed by atoms with Gasteiger partial charge in [-0.05, 0) is 139 Å². The summed E-state index contributed by atoms with van der Waals surface area (Å²) >= 11 is 0. The summed E-state index contributed by atoms with van der Waals surface area (Å²) in [5, 5.41) is 2.41. The van der Waals surface area contributed by atoms with Crippen molar-refractivity contribution in [1.29, 1.82) is 0 Å². The first-order chi connectivity index (χ1) is 34.0. The maximum Gasteiger partial charge on any atom is 0.0540 e. The van der Waals surface area contributed by atoms with Gasteiger partial charge in [0.15, 0.2) is 0 Å². The Morgan fingerprint density at radius 3 is 1.16 bits per heavy atom. The first-order valence-electron chi connectivity index (χ1n) is 23.9. The Balaban J connectivity index is 0.977. The zero-order valence-corrected chi connectivity index (χ0v) is 38.8. The quantitative estimate of drug-likeness (QED) is 0.135. The molecule has 0 saturated carbocycles. The standard InChI is InChI=1S/C67H50N2/c1-67(2)64-45-57(68(54-34-30-49(31-35-54)47-18-7-3-8-19-47)55-36-32-50(33-37-55)48-20-9-4-10-21-48)39-42-61(64)62-43-40-58(46-65(62)67)69(66-29-17-27-52-26-15-16-28-60(52)66)56-38-41-59(51-22-11-5-12-23-51)63(44-56)53-24-13-6-14-25-53/h3-46H,1-2H3. The van der Waals surface area contributed by atoms with E-state index in [-0.39, 0.29) is 5.41 Å². The molecule has 0 unspecified atom stereocenters. The van der Waals surface area contributed by atoms with E-state index in [9.17, 15) is 0 Å². The monoisotopic (exact) mass is 882 g/mol. The molecule has 328 valence electrons. The van der Waals surface area contributed by atoms with Gasteiger partial charge in [-0.1, -0.05) is 214 Å². The van der Waals surface area contributed by atoms with Crippen molar-refractivity contribution in [2.75, 3.05) is 9.80 Å². The molecule has 0 spiro atoms. The molecule has 2 heteroatoms. The van der Waals surface area contributed by atoms with E-state index in [1.165, 1.54) is 77.5 Å². The second-order valence-electron chi connectivity index (χ2n) is 18.5. The minimum absolute atomic E-state index is 0.298. The summed E-state index contributed by atoms with van der Waals surface area (Å²) in [6.07, 6.45) is 0. The van der Waals surface area contributed by atoms with Gasteiger partial charge in [-0.3, -0.25) is 0 Å². The van der Waals surface area contributed by atoms with E-state index in [1.54, 1.807) is 0 Å². The van der Waals surface area contributed by atoms with Crippen molar-refractivity contribution in [2.45, 2.75) is 19.3 Å². The van der Waals surface area contributed by atoms with Crippen LogP contribution < -0.4 is 9.80 Å². The predicted molar refractivity (Wildman–Crippen MR) is 293 cm³/mol. The lowest BCUT2D eigenvalue weighted by molar-refractivity contribution is 0.660. The number of anilines is 6. The highest BCUT2D eigenvalue weighted by Crippen LogP contribution is 2.53. The molecule has 0 saturated heterocycles. The van der Waals surface area contributed by atoms with Gasteiger partial charge in [0.2, 0.25) is 0 Å². The molecule has 0 heterocycles. The molecule has 0 aliphatic heterocycles. The summed E-state index contributed by atoms with van der Waals surface area (Å²) in [5.41, 5.74) is 21.2. The second-order valence-corrected chi connectivity index (χ2v) is 18.5. The summed E-state index contributed by atoms with van der Waals surface area (Å²) in [4.78, 5) is 4.87. The van der Waals surface area contributed by atoms with Crippen molar-refractivity contribution in [3.63, 3.8) is 0 Å². The van der Waals surface area contributed by atoms with Gasteiger partial charge in [-0.2, -0.15) is 0 Å². The van der Waals surface area contributed by atoms with Gasteiger partial charge in [0.05, 0.1) is 5.69 Å². The Morgan fingerprint density at radius 1 is 0.261 bits per heavy atom. The largest absolute Gasteiger partial charge is 0.310 e. The number of nitrogens with zero attached hydrogens (tertiary/aromatic N) is 2. The summed E-state index contributed by atoms with van der Waals surface area (Å²) in [5.74, 6) is 0. The van der Waals surface area contributed by atoms with Gasteiger partial charge in [-0.15, -0.1) is 0 Å². The van der Waals surface area contributed by atoms with Crippen molar-refractivity contribution >= 4 is 44.9 Å². The van der Waals surface area contributed by atoms with E-state index >= 15 is 0 Å². The Labute approximate surface area is 405 Å². The lowest BCUT2D eigenvalue weighted by Crippen LogP contribution is -2.18. The Bertz CT molecular complexity index is 3510. The van der Waals surface area contributed by atoms with Crippen LogP contribution in [0.1, 0.15) is 25.0 Å². The van der Waals surface area contributed by atoms with Crippen LogP contribution in [0.5, 0.6) is 0 Å². The predicted octanol–water partition coefficient (Wildman–Crippen LogP) is 18.8. The Hall–Kier alpha value is -8.72. The third-order valence-electron chi connectivity index (χ3n) is 14.1. The van der Waals surface area contributed by atoms with Gasteiger partial charge in [0.1, 0.15) is 0 Å². The zero-order valence-electron chi connectivity index (χ0n) is 38.8. The summed E-state index contributed by atoms with van der Waals surface area (Å²) in [7, 11) is 0. The SMILES string of the molecule is CC1(C)c2cc(N(c3ccc(-c4ccccc4)cc3)c3ccc(-c4ccccc4)cc3)ccc2-c2ccc(N(c3ccc(-c4ccccc4)c(-c4ccccc4)c3)c3cccc4ccccc34)cc21. The molecule has 2 nitrogen and oxygen atoms in total. The van der Waals surface area contributed by atoms with Crippen LogP contribution in [0.3, 0.4) is 0 Å². The van der Waals surface area contributed by atoms with Crippen molar-refractivity contribution in [2.24, 2.45) is 0 Å². The van der Waals surface area contributed by atoms with E-state index in [0.717, 1.165) is 34.1 Å². The van der Waals surface area contributed by atoms with Crippen LogP contribution in [-0.4, -0.2) is 0 Å². The van der Waals surface area contributed by atoms with Crippen molar-refractivity contribution in [1.82, 2.24) is 0 Å². The van der Waals surface area contributed by atoms with Crippen LogP contribution in [0.25, 0.3) is 66.4 Å². The summed E-state index contributed by atoms with van der Waals surface area (Å²) in [6.45, 7) is 4.78. The molecule has 0 aromatic heterocycles. The minimum Gasteiger partial charge on any atom is -0.310 e. The molecule has 1 aliphatic rings. The number of benzene rings is 11. The average molecular weight is 883 g/mol. The Kier molecular flexibility index (Phi) is 10.6. The lowest BCUT2D eigenvalue weighted by Gasteiger charge is -2.30. The fraction of sp³-hybridized carbons (Fsp3) is 0.0448. The number of rotatable bonds is 10. The fourth-order valence-corrected chi connectivity index (χ4v) is 10.5. The molecule has 0 atom stereocenters. The molecule has 0 radical (unpaired) electrons. The highest BCUT2D eigenvalue weighted by atomic mass is 15.1. The van der Waals surface area contributed by atoms with Gasteiger partial charge >= 0.3 is 0 Å². The highest BCUT2D eigenvalue weighted by Gasteiger charge is 2.37. The molecule has 11 aromatic carbocycles. The van der Waals surface area contributed by atoms with E-state index < -0.39 is 0 Å². The summed E-state index contributed by atoms with van der Waals surface area (Å²) < 4.78 is 0. The minimum atomic E-state index is -0.298. The molecule has 69 heavy (non-hydrogen) atoms. The molecular formula is C67H50N2. The van der Waals surface area contributed by atoms with E-state index in [1.807, 2.05) is 0 Å². The van der Waals surface area contributed by atoms with Crippen molar-refractivity contribution in [3.05, 3.63) is 278 Å². The highest BCUT2D eigenvalue weighted by molar-refractivity contribution is 6.00. The molecule has 0 N–H and O–H groups in total. The third kappa shape index (κ3) is 7.67. The normalized spacial score (nSPS) is 12.3. The van der Waals surface area contributed by atoms with Crippen LogP contribution in [0.15, 0.2) is 267 Å². The summed E-state index contributed by atoms with van der Waals surface area (Å²) in [6, 6.07) is 97.3. The van der Waals surface area contributed by atoms with Crippen LogP contribution in [0.4, 0.5) is 34.1 Å². The van der Waals surface area contributed by atoms with Gasteiger partial charge in [-0.25, -0.2) is 0 Å². The Morgan fingerprint density at radius 2 is 0.638 bits per heavy atom. The van der Waals surface area contributed by atoms with Crippen LogP contribution in [0, 0.1) is 0 Å². The molecule has 1 aliphatic carbocycles. The number of fused-ring (bicyclic) bond motifs is 4. The van der Waals surface area contributed by atoms with Crippen LogP contribution in [0.2, 0.25) is 0 Å². The maximum absolute atomic E-state index is 2.47. The van der Waals surface area contributed by atoms with Crippen molar-refractivity contribution in [3.8, 4) is 55.6 Å². The lowest BCUT2D eigenvalue weighted by atomic mass is 9.82. The van der Waals surface area contributed by atoms with Gasteiger partial charge in [0, 0.05) is 39.2 Å². The second kappa shape index (κ2) is 17.5. The maximum atomic E-state index is 2.47. The van der Waals surface area contributed by atoms with Crippen LogP contribution >= 0.6 is 0 Å². The molecule has 0 bridgehead atoms. The van der Waals surface area contributed by atoms with Gasteiger partial charge < -0.3 is 9.80 Å². The fourth-order valence-electron chi connectivity index (χ4n) is 10.5. The van der Waals surface area contributed by atoms with E-state index in [2.05, 4.69) is 291 Å². The zero-order chi connectivity index (χ0) is 46.3. The molecule has 11 aromatic rings. The van der Waals surface area contributed by atoms with Gasteiger partial charge in [0.25, 0.3) is 0 Å². The first kappa shape index (κ1) is 41.7. The number of hydrogen-bond acceptors (Lipinski definition) is 2. The first-order valence-corrected chi connectivity index (χ1v) is 23.9. The smallest absolute Gasteiger partial charge is 0.0540 e. The topological polar surface area (TPSA) is 6.48 Å². The molecule has 0 fully saturated rings. The molecular weight excluding hydrogens is 833 g/mol. The molecule has 12 rings (SSSR count).